The summed E-state index contributed by atoms with van der Waals surface area (Å²) in [6.45, 7) is 124. The van der Waals surface area contributed by atoms with Gasteiger partial charge in [-0.2, -0.15) is 0 Å². The van der Waals surface area contributed by atoms with E-state index < -0.39 is 0 Å². The fourth-order valence-corrected chi connectivity index (χ4v) is 18.7. The van der Waals surface area contributed by atoms with Crippen LogP contribution in [0, 0.1) is 23.2 Å². The fraction of sp³-hybridized carbons (Fsp3) is 0.921. The largest absolute Gasteiger partial charge is 0.340 e. The van der Waals surface area contributed by atoms with Gasteiger partial charge in [0, 0.05) is 380 Å². The van der Waals surface area contributed by atoms with Crippen LogP contribution in [0.5, 0.6) is 0 Å². The molecule has 0 saturated carbocycles. The van der Waals surface area contributed by atoms with Crippen LogP contribution in [0.2, 0.25) is 0 Å². The van der Waals surface area contributed by atoms with Crippen LogP contribution in [0.15, 0.2) is 0 Å². The van der Waals surface area contributed by atoms with Crippen molar-refractivity contribution in [3.8, 4) is 0 Å². The van der Waals surface area contributed by atoms with Crippen molar-refractivity contribution < 1.29 is 43.2 Å². The predicted molar refractivity (Wildman–Crippen MR) is 612 cm³/mol. The number of urea groups is 5. The molecule has 32 nitrogen and oxygen atoms in total. The van der Waals surface area contributed by atoms with Crippen LogP contribution in [0.3, 0.4) is 0 Å². The van der Waals surface area contributed by atoms with Crippen LogP contribution in [-0.4, -0.2) is 520 Å². The van der Waals surface area contributed by atoms with Gasteiger partial charge in [-0.1, -0.05) is 69.2 Å². The van der Waals surface area contributed by atoms with E-state index in [-0.39, 0.29) is 80.4 Å². The Morgan fingerprint density at radius 2 is 0.486 bits per heavy atom. The van der Waals surface area contributed by atoms with Crippen molar-refractivity contribution in [3.05, 3.63) is 0 Å². The lowest BCUT2D eigenvalue weighted by atomic mass is 9.91. The molecule has 0 aromatic heterocycles. The first-order valence-electron chi connectivity index (χ1n) is 56.9. The maximum absolute atomic E-state index is 12.2. The first-order valence-corrected chi connectivity index (χ1v) is 56.9. The molecule has 0 N–H and O–H groups in total. The SMILES string of the molecule is CC(C)(C)CC(=O)N1CCN(C(C)(C)C)CC1.CC(C)CC(=O)N1CCN(C(C)(C)C)CC1.CC(C)CCC(=O)N1CCN(C(C)C)CC1.CC(C)CN(C)C(=O)N1CCN(C(C)C)CC1.CC(C)N(C)C(=O)N1CCN(C(C)(C)C)CC1.CCCC(=O)N1CCN(C(C)(C)C)CC1.CCN(C)C(=O)N1CCN(C(C)(C)C)CC1.CCN(CC)C(=O)N1CCN(C(C)(C)C)CC1.CN(C)C(=O)N1CCN(C(C)(C)C)CC1. The zero-order valence-corrected chi connectivity index (χ0v) is 103. The maximum Gasteiger partial charge on any atom is 0.320 e. The number of nitrogens with zero attached hydrogens (tertiary/aromatic N) is 23. The number of rotatable bonds is 16. The summed E-state index contributed by atoms with van der Waals surface area (Å²) in [5.74, 6) is 2.92. The maximum atomic E-state index is 12.2. The third-order valence-corrected chi connectivity index (χ3v) is 29.4. The molecule has 0 bridgehead atoms. The first-order chi connectivity index (χ1) is 67.1. The second kappa shape index (κ2) is 64.8. The second-order valence-corrected chi connectivity index (χ2v) is 52.3. The van der Waals surface area contributed by atoms with Gasteiger partial charge in [0.05, 0.1) is 0 Å². The van der Waals surface area contributed by atoms with Crippen molar-refractivity contribution in [2.75, 3.05) is 297 Å². The fourth-order valence-electron chi connectivity index (χ4n) is 18.7. The van der Waals surface area contributed by atoms with Gasteiger partial charge in [0.2, 0.25) is 23.6 Å². The van der Waals surface area contributed by atoms with Gasteiger partial charge in [-0.25, -0.2) is 24.0 Å². The monoisotopic (exact) mass is 2070 g/mol. The molecule has 0 aromatic carbocycles. The highest BCUT2D eigenvalue weighted by atomic mass is 16.2. The summed E-state index contributed by atoms with van der Waals surface area (Å²) in [5.41, 5.74) is 1.63. The quantitative estimate of drug-likeness (QED) is 0.140. The Morgan fingerprint density at radius 1 is 0.247 bits per heavy atom. The van der Waals surface area contributed by atoms with Crippen LogP contribution in [-0.2, 0) is 19.2 Å². The van der Waals surface area contributed by atoms with Gasteiger partial charge >= 0.3 is 30.2 Å². The smallest absolute Gasteiger partial charge is 0.320 e. The summed E-state index contributed by atoms with van der Waals surface area (Å²) >= 11 is 0. The lowest BCUT2D eigenvalue weighted by Crippen LogP contribution is -2.57. The van der Waals surface area contributed by atoms with Gasteiger partial charge < -0.3 is 68.6 Å². The zero-order valence-electron chi connectivity index (χ0n) is 103. The second-order valence-electron chi connectivity index (χ2n) is 52.3. The van der Waals surface area contributed by atoms with E-state index in [0.29, 0.717) is 72.7 Å². The summed E-state index contributed by atoms with van der Waals surface area (Å²) in [7, 11) is 9.25. The Balaban J connectivity index is 0.000000822. The number of carbonyl (C=O) groups is 9. The van der Waals surface area contributed by atoms with Crippen molar-refractivity contribution >= 4 is 53.8 Å². The summed E-state index contributed by atoms with van der Waals surface area (Å²) in [5, 5.41) is 0. The molecule has 858 valence electrons. The van der Waals surface area contributed by atoms with Gasteiger partial charge in [-0.05, 0) is 244 Å². The van der Waals surface area contributed by atoms with Gasteiger partial charge in [0.1, 0.15) is 0 Å². The van der Waals surface area contributed by atoms with E-state index in [1.54, 1.807) is 23.9 Å². The molecule has 9 heterocycles. The van der Waals surface area contributed by atoms with E-state index in [1.165, 1.54) is 0 Å². The lowest BCUT2D eigenvalue weighted by molar-refractivity contribution is -0.136. The van der Waals surface area contributed by atoms with E-state index in [1.807, 2.05) is 115 Å². The van der Waals surface area contributed by atoms with Gasteiger partial charge in [-0.3, -0.25) is 63.3 Å². The van der Waals surface area contributed by atoms with Crippen LogP contribution in [0.1, 0.15) is 315 Å². The average molecular weight is 2070 g/mol. The molecule has 0 aromatic rings. The molecule has 9 rings (SSSR count). The lowest BCUT2D eigenvalue weighted by Gasteiger charge is -2.43. The highest BCUT2D eigenvalue weighted by Gasteiger charge is 2.38. The molecule has 146 heavy (non-hydrogen) atoms. The molecule has 14 amide bonds. The van der Waals surface area contributed by atoms with Gasteiger partial charge in [0.25, 0.3) is 0 Å². The molecule has 9 aliphatic rings. The minimum atomic E-state index is 0.0955. The first kappa shape index (κ1) is 138. The van der Waals surface area contributed by atoms with E-state index in [2.05, 4.69) is 286 Å². The average Bonchev–Trinajstić information content (AvgIpc) is 0.880. The van der Waals surface area contributed by atoms with Crippen molar-refractivity contribution in [2.45, 2.75) is 372 Å². The summed E-state index contributed by atoms with van der Waals surface area (Å²) in [6.07, 6.45) is 4.74. The number of carbonyl (C=O) groups excluding carboxylic acids is 9. The third kappa shape index (κ3) is 52.9. The molecule has 0 aliphatic carbocycles. The van der Waals surface area contributed by atoms with Crippen LogP contribution >= 0.6 is 0 Å². The molecule has 32 heteroatoms. The Kier molecular flexibility index (Phi) is 61.2. The predicted octanol–water partition coefficient (Wildman–Crippen LogP) is 16.1. The molecule has 0 radical (unpaired) electrons. The standard InChI is InChI=1S/C14H28N2O.3C13H27N3O.2C13H26N2O.C12H25N3O.C12H24N2O.C11H23N3O/c1-13(2,3)11-12(17)15-7-9-16(10-8-15)14(4,5)6;1-11(2)14(6)12(17)15-7-9-16(10-8-15)13(3,4)5;1-11(2)10-14(5)13(17)16-8-6-15(7-9-16)12(3)4;1-6-14(7-2)12(17)15-8-10-16(11-9-15)13(3,4)5;1-11(2)10-12(16)14-6-8-15(9-7-14)13(3,4)5;1-11(2)5-6-13(16)15-9-7-14(8-10-15)12(3)4;1-6-13(5)11(16)14-7-9-15(10-8-14)12(2,3)4;1-5-6-11(15)13-7-9-14(10-8-13)12(2,3)4;1-11(2,3)14-8-6-13(7-9-14)10(15)12(4)5/h7-11H2,1-6H3;11H,7-10H2,1-6H3;11-12H,6-10H2,1-5H3;6-11H2,1-5H3;11H,6-10H2,1-5H3;11-12H,5-10H2,1-4H3;6-10H2,1-5H3;5-10H2,1-4H3;6-9H2,1-5H3. The van der Waals surface area contributed by atoms with Crippen molar-refractivity contribution in [1.29, 1.82) is 0 Å². The molecule has 9 aliphatic heterocycles. The Bertz CT molecular complexity index is 3590. The van der Waals surface area contributed by atoms with Crippen molar-refractivity contribution in [1.82, 2.24) is 113 Å². The van der Waals surface area contributed by atoms with Crippen molar-refractivity contribution in [3.63, 3.8) is 0 Å². The Hall–Kier alpha value is -6.13. The molecule has 9 saturated heterocycles. The normalized spacial score (nSPS) is 18.8. The van der Waals surface area contributed by atoms with Crippen LogP contribution in [0.4, 0.5) is 24.0 Å². The van der Waals surface area contributed by atoms with E-state index in [0.717, 1.165) is 281 Å². The number of piperazine rings is 9. The van der Waals surface area contributed by atoms with E-state index in [9.17, 15) is 43.2 Å². The summed E-state index contributed by atoms with van der Waals surface area (Å²) < 4.78 is 0. The van der Waals surface area contributed by atoms with Gasteiger partial charge in [0.15, 0.2) is 0 Å². The van der Waals surface area contributed by atoms with Gasteiger partial charge in [-0.15, -0.1) is 0 Å². The minimum Gasteiger partial charge on any atom is -0.340 e. The minimum absolute atomic E-state index is 0.0955. The molecule has 0 spiro atoms. The van der Waals surface area contributed by atoms with E-state index in [4.69, 9.17) is 0 Å². The molecular formula is C114H233N23O9. The zero-order chi connectivity index (χ0) is 112. The number of hydrogen-bond acceptors (Lipinski definition) is 18. The molecular weight excluding hydrogens is 1840 g/mol. The molecule has 9 fully saturated rings. The third-order valence-electron chi connectivity index (χ3n) is 29.4. The molecule has 0 unspecified atom stereocenters. The summed E-state index contributed by atoms with van der Waals surface area (Å²) in [6, 6.07) is 2.29. The topological polar surface area (TPSA) is 228 Å². The van der Waals surface area contributed by atoms with E-state index >= 15 is 0 Å². The highest BCUT2D eigenvalue weighted by Crippen LogP contribution is 2.27. The summed E-state index contributed by atoms with van der Waals surface area (Å²) in [4.78, 5) is 156. The Labute approximate surface area is 897 Å². The number of hydrogen-bond donors (Lipinski definition) is 0. The highest BCUT2D eigenvalue weighted by molar-refractivity contribution is 5.79. The van der Waals surface area contributed by atoms with Crippen LogP contribution < -0.4 is 0 Å². The number of amides is 14. The Morgan fingerprint density at radius 3 is 0.719 bits per heavy atom. The molecule has 0 atom stereocenters. The van der Waals surface area contributed by atoms with Crippen molar-refractivity contribution in [2.24, 2.45) is 23.2 Å². The van der Waals surface area contributed by atoms with Crippen LogP contribution in [0.25, 0.3) is 0 Å².